The molecule has 0 aliphatic carbocycles. The third kappa shape index (κ3) is 3.55. The maximum absolute atomic E-state index is 6.50. The van der Waals surface area contributed by atoms with E-state index in [1.807, 2.05) is 18.2 Å². The van der Waals surface area contributed by atoms with Crippen LogP contribution in [0.15, 0.2) is 18.2 Å². The van der Waals surface area contributed by atoms with E-state index in [9.17, 15) is 0 Å². The SMILES string of the molecule is CCC(C)(C)C(Cl)Cc1ccc(OC)c(OC)c1. The fourth-order valence-electron chi connectivity index (χ4n) is 1.71. The van der Waals surface area contributed by atoms with Crippen LogP contribution in [-0.4, -0.2) is 19.6 Å². The lowest BCUT2D eigenvalue weighted by Crippen LogP contribution is -2.25. The molecule has 1 aromatic rings. The first kappa shape index (κ1) is 15.2. The average molecular weight is 271 g/mol. The average Bonchev–Trinajstić information content (AvgIpc) is 2.38. The molecular formula is C15H23ClO2. The van der Waals surface area contributed by atoms with Gasteiger partial charge in [0.2, 0.25) is 0 Å². The van der Waals surface area contributed by atoms with Gasteiger partial charge in [0.25, 0.3) is 0 Å². The summed E-state index contributed by atoms with van der Waals surface area (Å²) in [7, 11) is 3.29. The predicted octanol–water partition coefficient (Wildman–Crippen LogP) is 4.29. The normalized spacial score (nSPS) is 13.2. The second-order valence-electron chi connectivity index (χ2n) is 5.20. The molecule has 0 aromatic heterocycles. The topological polar surface area (TPSA) is 18.5 Å². The highest BCUT2D eigenvalue weighted by molar-refractivity contribution is 6.21. The Kier molecular flexibility index (Phi) is 5.33. The van der Waals surface area contributed by atoms with Gasteiger partial charge in [0.1, 0.15) is 0 Å². The molecule has 1 atom stereocenters. The van der Waals surface area contributed by atoms with E-state index in [4.69, 9.17) is 21.1 Å². The Hall–Kier alpha value is -0.890. The molecule has 1 aromatic carbocycles. The number of methoxy groups -OCH3 is 2. The van der Waals surface area contributed by atoms with Crippen molar-refractivity contribution < 1.29 is 9.47 Å². The van der Waals surface area contributed by atoms with E-state index in [1.165, 1.54) is 5.56 Å². The summed E-state index contributed by atoms with van der Waals surface area (Å²) in [5.74, 6) is 1.51. The van der Waals surface area contributed by atoms with Gasteiger partial charge in [0.05, 0.1) is 14.2 Å². The van der Waals surface area contributed by atoms with Gasteiger partial charge in [-0.25, -0.2) is 0 Å². The van der Waals surface area contributed by atoms with Gasteiger partial charge in [-0.1, -0.05) is 26.8 Å². The second kappa shape index (κ2) is 6.33. The quantitative estimate of drug-likeness (QED) is 0.718. The van der Waals surface area contributed by atoms with Crippen molar-refractivity contribution in [2.75, 3.05) is 14.2 Å². The maximum atomic E-state index is 6.50. The van der Waals surface area contributed by atoms with Crippen LogP contribution in [0.3, 0.4) is 0 Å². The van der Waals surface area contributed by atoms with Gasteiger partial charge in [-0.2, -0.15) is 0 Å². The summed E-state index contributed by atoms with van der Waals surface area (Å²) in [5.41, 5.74) is 1.31. The van der Waals surface area contributed by atoms with Crippen molar-refractivity contribution in [1.82, 2.24) is 0 Å². The fourth-order valence-corrected chi connectivity index (χ4v) is 2.04. The Labute approximate surface area is 115 Å². The van der Waals surface area contributed by atoms with Crippen molar-refractivity contribution in [2.24, 2.45) is 5.41 Å². The maximum Gasteiger partial charge on any atom is 0.160 e. The van der Waals surface area contributed by atoms with Crippen LogP contribution in [0.1, 0.15) is 32.8 Å². The fraction of sp³-hybridized carbons (Fsp3) is 0.600. The molecule has 0 fully saturated rings. The molecule has 102 valence electrons. The van der Waals surface area contributed by atoms with Crippen molar-refractivity contribution in [3.8, 4) is 11.5 Å². The highest BCUT2D eigenvalue weighted by atomic mass is 35.5. The highest BCUT2D eigenvalue weighted by Gasteiger charge is 2.26. The molecule has 1 unspecified atom stereocenters. The second-order valence-corrected chi connectivity index (χ2v) is 5.73. The molecule has 0 spiro atoms. The highest BCUT2D eigenvalue weighted by Crippen LogP contribution is 2.34. The molecule has 18 heavy (non-hydrogen) atoms. The number of ether oxygens (including phenoxy) is 2. The van der Waals surface area contributed by atoms with Crippen LogP contribution in [0, 0.1) is 5.41 Å². The number of hydrogen-bond donors (Lipinski definition) is 0. The van der Waals surface area contributed by atoms with E-state index >= 15 is 0 Å². The van der Waals surface area contributed by atoms with Crippen LogP contribution in [-0.2, 0) is 6.42 Å². The van der Waals surface area contributed by atoms with E-state index < -0.39 is 0 Å². The van der Waals surface area contributed by atoms with Gasteiger partial charge in [-0.3, -0.25) is 0 Å². The number of benzene rings is 1. The minimum Gasteiger partial charge on any atom is -0.493 e. The molecule has 1 rings (SSSR count). The number of rotatable bonds is 6. The molecular weight excluding hydrogens is 248 g/mol. The van der Waals surface area contributed by atoms with Crippen LogP contribution >= 0.6 is 11.6 Å². The third-order valence-corrected chi connectivity index (χ3v) is 4.37. The molecule has 0 radical (unpaired) electrons. The van der Waals surface area contributed by atoms with E-state index in [1.54, 1.807) is 14.2 Å². The molecule has 0 bridgehead atoms. The zero-order valence-electron chi connectivity index (χ0n) is 11.9. The minimum atomic E-state index is 0.112. The van der Waals surface area contributed by atoms with Crippen molar-refractivity contribution >= 4 is 11.6 Å². The molecule has 0 aliphatic rings. The summed E-state index contributed by atoms with van der Waals surface area (Å²) in [6.07, 6.45) is 1.90. The van der Waals surface area contributed by atoms with Crippen LogP contribution in [0.25, 0.3) is 0 Å². The van der Waals surface area contributed by atoms with Crippen molar-refractivity contribution in [3.63, 3.8) is 0 Å². The lowest BCUT2D eigenvalue weighted by Gasteiger charge is -2.28. The lowest BCUT2D eigenvalue weighted by atomic mass is 9.83. The number of halogens is 1. The third-order valence-electron chi connectivity index (χ3n) is 3.62. The Morgan fingerprint density at radius 3 is 2.28 bits per heavy atom. The van der Waals surface area contributed by atoms with Crippen LogP contribution in [0.4, 0.5) is 0 Å². The van der Waals surface area contributed by atoms with Gasteiger partial charge in [-0.05, 0) is 36.0 Å². The van der Waals surface area contributed by atoms with E-state index in [0.29, 0.717) is 0 Å². The standard InChI is InChI=1S/C15H23ClO2/c1-6-15(2,3)14(16)10-11-7-8-12(17-4)13(9-11)18-5/h7-9,14H,6,10H2,1-5H3. The Morgan fingerprint density at radius 1 is 1.17 bits per heavy atom. The van der Waals surface area contributed by atoms with Crippen LogP contribution in [0.5, 0.6) is 11.5 Å². The van der Waals surface area contributed by atoms with E-state index in [2.05, 4.69) is 20.8 Å². The lowest BCUT2D eigenvalue weighted by molar-refractivity contribution is 0.329. The zero-order valence-corrected chi connectivity index (χ0v) is 12.7. The van der Waals surface area contributed by atoms with Crippen molar-refractivity contribution in [2.45, 2.75) is 39.0 Å². The molecule has 0 heterocycles. The van der Waals surface area contributed by atoms with Gasteiger partial charge in [-0.15, -0.1) is 11.6 Å². The Balaban J connectivity index is 2.86. The monoisotopic (exact) mass is 270 g/mol. The number of alkyl halides is 1. The summed E-state index contributed by atoms with van der Waals surface area (Å²) in [5, 5.41) is 0.112. The Morgan fingerprint density at radius 2 is 1.78 bits per heavy atom. The summed E-state index contributed by atoms with van der Waals surface area (Å²) in [6.45, 7) is 6.57. The van der Waals surface area contributed by atoms with Crippen molar-refractivity contribution in [3.05, 3.63) is 23.8 Å². The molecule has 0 N–H and O–H groups in total. The first-order valence-electron chi connectivity index (χ1n) is 6.29. The molecule has 0 amide bonds. The molecule has 0 aliphatic heterocycles. The molecule has 2 nitrogen and oxygen atoms in total. The first-order chi connectivity index (χ1) is 8.44. The first-order valence-corrected chi connectivity index (χ1v) is 6.73. The summed E-state index contributed by atoms with van der Waals surface area (Å²) >= 11 is 6.50. The summed E-state index contributed by atoms with van der Waals surface area (Å²) < 4.78 is 10.5. The molecule has 3 heteroatoms. The minimum absolute atomic E-state index is 0.112. The van der Waals surface area contributed by atoms with Gasteiger partial charge >= 0.3 is 0 Å². The van der Waals surface area contributed by atoms with Gasteiger partial charge < -0.3 is 9.47 Å². The molecule has 0 saturated carbocycles. The predicted molar refractivity (Wildman–Crippen MR) is 77.0 cm³/mol. The van der Waals surface area contributed by atoms with E-state index in [0.717, 1.165) is 24.3 Å². The smallest absolute Gasteiger partial charge is 0.160 e. The Bertz CT molecular complexity index is 388. The van der Waals surface area contributed by atoms with Crippen molar-refractivity contribution in [1.29, 1.82) is 0 Å². The van der Waals surface area contributed by atoms with Crippen LogP contribution in [0.2, 0.25) is 0 Å². The largest absolute Gasteiger partial charge is 0.493 e. The van der Waals surface area contributed by atoms with E-state index in [-0.39, 0.29) is 10.8 Å². The van der Waals surface area contributed by atoms with Gasteiger partial charge in [0.15, 0.2) is 11.5 Å². The zero-order chi connectivity index (χ0) is 13.8. The molecule has 0 saturated heterocycles. The van der Waals surface area contributed by atoms with Gasteiger partial charge in [0, 0.05) is 5.38 Å². The number of hydrogen-bond acceptors (Lipinski definition) is 2. The summed E-state index contributed by atoms with van der Waals surface area (Å²) in [4.78, 5) is 0. The van der Waals surface area contributed by atoms with Crippen LogP contribution < -0.4 is 9.47 Å². The summed E-state index contributed by atoms with van der Waals surface area (Å²) in [6, 6.07) is 5.97.